The van der Waals surface area contributed by atoms with Crippen molar-refractivity contribution in [1.82, 2.24) is 14.7 Å². The van der Waals surface area contributed by atoms with Crippen LogP contribution in [-0.4, -0.2) is 35.3 Å². The molecule has 0 aliphatic carbocycles. The molecular weight excluding hydrogens is 378 g/mol. The van der Waals surface area contributed by atoms with Gasteiger partial charge in [0, 0.05) is 17.2 Å². The van der Waals surface area contributed by atoms with Crippen LogP contribution in [0.2, 0.25) is 0 Å². The zero-order chi connectivity index (χ0) is 17.6. The van der Waals surface area contributed by atoms with E-state index in [1.165, 1.54) is 0 Å². The van der Waals surface area contributed by atoms with Gasteiger partial charge in [-0.2, -0.15) is 0 Å². The average Bonchev–Trinajstić information content (AvgIpc) is 3.02. The van der Waals surface area contributed by atoms with Gasteiger partial charge in [-0.05, 0) is 37.4 Å². The molecule has 0 aliphatic rings. The minimum Gasteiger partial charge on any atom is -0.471 e. The Morgan fingerprint density at radius 2 is 1.88 bits per heavy atom. The Balaban J connectivity index is 1.85. The maximum atomic E-state index is 6.04. The smallest absolute Gasteiger partial charge is 0.241 e. The van der Waals surface area contributed by atoms with Crippen molar-refractivity contribution in [3.8, 4) is 17.0 Å². The third kappa shape index (κ3) is 4.94. The summed E-state index contributed by atoms with van der Waals surface area (Å²) in [6, 6.07) is 18.4. The van der Waals surface area contributed by atoms with Crippen molar-refractivity contribution in [3.05, 3.63) is 70.8 Å². The zero-order valence-electron chi connectivity index (χ0n) is 14.5. The summed E-state index contributed by atoms with van der Waals surface area (Å²) in [5.74, 6) is 0.667. The van der Waals surface area contributed by atoms with Gasteiger partial charge in [-0.3, -0.25) is 4.68 Å². The van der Waals surface area contributed by atoms with E-state index in [2.05, 4.69) is 70.5 Å². The second kappa shape index (κ2) is 8.32. The summed E-state index contributed by atoms with van der Waals surface area (Å²) >= 11 is 3.54. The van der Waals surface area contributed by atoms with E-state index >= 15 is 0 Å². The highest BCUT2D eigenvalue weighted by molar-refractivity contribution is 9.10. The number of nitrogens with zero attached hydrogens (tertiary/aromatic N) is 3. The molecule has 0 aliphatic heterocycles. The first-order chi connectivity index (χ1) is 12.1. The van der Waals surface area contributed by atoms with Gasteiger partial charge < -0.3 is 9.64 Å². The quantitative estimate of drug-likeness (QED) is 0.587. The van der Waals surface area contributed by atoms with Crippen molar-refractivity contribution in [2.24, 2.45) is 0 Å². The van der Waals surface area contributed by atoms with E-state index in [0.717, 1.165) is 34.3 Å². The van der Waals surface area contributed by atoms with Gasteiger partial charge >= 0.3 is 0 Å². The SMILES string of the molecule is CN(C)CCn1cc(-c2cccc(Br)c2)c(OCc2ccccc2)n1. The standard InChI is InChI=1S/C20H22BrN3O/c1-23(2)11-12-24-14-19(17-9-6-10-18(21)13-17)20(22-24)25-15-16-7-4-3-5-8-16/h3-10,13-14H,11-12,15H2,1-2H3. The first kappa shape index (κ1) is 17.7. The molecule has 5 heteroatoms. The molecule has 3 aromatic rings. The predicted octanol–water partition coefficient (Wildman–Crippen LogP) is 4.45. The van der Waals surface area contributed by atoms with E-state index in [9.17, 15) is 0 Å². The number of benzene rings is 2. The molecule has 1 aromatic heterocycles. The van der Waals surface area contributed by atoms with Gasteiger partial charge in [0.15, 0.2) is 0 Å². The molecule has 130 valence electrons. The van der Waals surface area contributed by atoms with E-state index in [1.807, 2.05) is 35.0 Å². The highest BCUT2D eigenvalue weighted by Gasteiger charge is 2.13. The molecular formula is C20H22BrN3O. The lowest BCUT2D eigenvalue weighted by Crippen LogP contribution is -2.18. The summed E-state index contributed by atoms with van der Waals surface area (Å²) in [7, 11) is 4.12. The topological polar surface area (TPSA) is 30.3 Å². The van der Waals surface area contributed by atoms with Crippen LogP contribution in [0.4, 0.5) is 0 Å². The molecule has 3 rings (SSSR count). The largest absolute Gasteiger partial charge is 0.471 e. The van der Waals surface area contributed by atoms with Crippen LogP contribution in [0.3, 0.4) is 0 Å². The number of rotatable bonds is 7. The number of aromatic nitrogens is 2. The lowest BCUT2D eigenvalue weighted by molar-refractivity contribution is 0.288. The van der Waals surface area contributed by atoms with E-state index < -0.39 is 0 Å². The monoisotopic (exact) mass is 399 g/mol. The molecule has 0 saturated carbocycles. The molecule has 1 heterocycles. The maximum Gasteiger partial charge on any atom is 0.241 e. The van der Waals surface area contributed by atoms with Crippen molar-refractivity contribution in [2.75, 3.05) is 20.6 Å². The number of likely N-dealkylation sites (N-methyl/N-ethyl adjacent to an activating group) is 1. The minimum atomic E-state index is 0.506. The molecule has 0 atom stereocenters. The molecule has 0 saturated heterocycles. The molecule has 0 amide bonds. The Bertz CT molecular complexity index is 815. The summed E-state index contributed by atoms with van der Waals surface area (Å²) in [6.07, 6.45) is 2.06. The Morgan fingerprint density at radius 1 is 1.08 bits per heavy atom. The summed E-state index contributed by atoms with van der Waals surface area (Å²) in [6.45, 7) is 2.26. The average molecular weight is 400 g/mol. The minimum absolute atomic E-state index is 0.506. The van der Waals surface area contributed by atoms with Crippen LogP contribution in [-0.2, 0) is 13.2 Å². The van der Waals surface area contributed by atoms with Crippen molar-refractivity contribution in [2.45, 2.75) is 13.2 Å². The Morgan fingerprint density at radius 3 is 2.60 bits per heavy atom. The first-order valence-electron chi connectivity index (χ1n) is 8.26. The fourth-order valence-corrected chi connectivity index (χ4v) is 2.91. The third-order valence-corrected chi connectivity index (χ3v) is 4.35. The lowest BCUT2D eigenvalue weighted by Gasteiger charge is -2.08. The molecule has 0 fully saturated rings. The molecule has 25 heavy (non-hydrogen) atoms. The van der Waals surface area contributed by atoms with Crippen molar-refractivity contribution >= 4 is 15.9 Å². The van der Waals surface area contributed by atoms with E-state index in [4.69, 9.17) is 4.74 Å². The molecule has 0 unspecified atom stereocenters. The molecule has 0 bridgehead atoms. The number of halogens is 1. The van der Waals surface area contributed by atoms with Crippen LogP contribution >= 0.6 is 15.9 Å². The van der Waals surface area contributed by atoms with Crippen LogP contribution in [0.25, 0.3) is 11.1 Å². The fraction of sp³-hybridized carbons (Fsp3) is 0.250. The van der Waals surface area contributed by atoms with Crippen molar-refractivity contribution in [3.63, 3.8) is 0 Å². The van der Waals surface area contributed by atoms with Crippen LogP contribution in [0.1, 0.15) is 5.56 Å². The number of ether oxygens (including phenoxy) is 1. The number of hydrogen-bond donors (Lipinski definition) is 0. The predicted molar refractivity (Wildman–Crippen MR) is 105 cm³/mol. The first-order valence-corrected chi connectivity index (χ1v) is 9.06. The van der Waals surface area contributed by atoms with Crippen LogP contribution in [0.5, 0.6) is 5.88 Å². The third-order valence-electron chi connectivity index (χ3n) is 3.86. The summed E-state index contributed by atoms with van der Waals surface area (Å²) in [4.78, 5) is 2.14. The van der Waals surface area contributed by atoms with Gasteiger partial charge in [-0.1, -0.05) is 58.4 Å². The van der Waals surface area contributed by atoms with Gasteiger partial charge in [0.1, 0.15) is 6.61 Å². The Hall–Kier alpha value is -2.11. The fourth-order valence-electron chi connectivity index (χ4n) is 2.51. The van der Waals surface area contributed by atoms with Crippen LogP contribution in [0.15, 0.2) is 65.3 Å². The van der Waals surface area contributed by atoms with Crippen molar-refractivity contribution < 1.29 is 4.74 Å². The second-order valence-electron chi connectivity index (χ2n) is 6.20. The van der Waals surface area contributed by atoms with Gasteiger partial charge in [0.25, 0.3) is 0 Å². The normalized spacial score (nSPS) is 11.0. The lowest BCUT2D eigenvalue weighted by atomic mass is 10.1. The number of hydrogen-bond acceptors (Lipinski definition) is 3. The zero-order valence-corrected chi connectivity index (χ0v) is 16.1. The van der Waals surface area contributed by atoms with Crippen LogP contribution < -0.4 is 4.74 Å². The maximum absolute atomic E-state index is 6.04. The van der Waals surface area contributed by atoms with E-state index in [1.54, 1.807) is 0 Å². The summed E-state index contributed by atoms with van der Waals surface area (Å²) < 4.78 is 9.04. The highest BCUT2D eigenvalue weighted by atomic mass is 79.9. The summed E-state index contributed by atoms with van der Waals surface area (Å²) in [5, 5.41) is 4.66. The van der Waals surface area contributed by atoms with Gasteiger partial charge in [0.2, 0.25) is 5.88 Å². The summed E-state index contributed by atoms with van der Waals surface area (Å²) in [5.41, 5.74) is 3.23. The second-order valence-corrected chi connectivity index (χ2v) is 7.11. The highest BCUT2D eigenvalue weighted by Crippen LogP contribution is 2.31. The van der Waals surface area contributed by atoms with Gasteiger partial charge in [-0.25, -0.2) is 0 Å². The van der Waals surface area contributed by atoms with E-state index in [-0.39, 0.29) is 0 Å². The van der Waals surface area contributed by atoms with Gasteiger partial charge in [-0.15, -0.1) is 5.10 Å². The van der Waals surface area contributed by atoms with Crippen molar-refractivity contribution in [1.29, 1.82) is 0 Å². The van der Waals surface area contributed by atoms with E-state index in [0.29, 0.717) is 12.5 Å². The molecule has 4 nitrogen and oxygen atoms in total. The molecule has 0 N–H and O–H groups in total. The molecule has 2 aromatic carbocycles. The Labute approximate surface area is 157 Å². The van der Waals surface area contributed by atoms with Gasteiger partial charge in [0.05, 0.1) is 12.1 Å². The Kier molecular flexibility index (Phi) is 5.89. The molecule has 0 radical (unpaired) electrons. The molecule has 0 spiro atoms. The van der Waals surface area contributed by atoms with Crippen LogP contribution in [0, 0.1) is 0 Å².